The molecule has 1 aliphatic rings. The monoisotopic (exact) mass is 208 g/mol. The summed E-state index contributed by atoms with van der Waals surface area (Å²) in [7, 11) is 0. The molecule has 0 fully saturated rings. The number of carboxylic acid groups (broad SMARTS) is 1. The van der Waals surface area contributed by atoms with Crippen molar-refractivity contribution < 1.29 is 24.5 Å². The molecule has 0 unspecified atom stereocenters. The number of rotatable bonds is 1. The molecule has 0 radical (unpaired) electrons. The number of carbonyl (C=O) groups is 2. The lowest BCUT2D eigenvalue weighted by molar-refractivity contribution is -0.147. The van der Waals surface area contributed by atoms with Gasteiger partial charge in [0.2, 0.25) is 6.10 Å². The van der Waals surface area contributed by atoms with Crippen LogP contribution < -0.4 is 0 Å². The van der Waals surface area contributed by atoms with Gasteiger partial charge in [0.1, 0.15) is 11.3 Å². The predicted molar refractivity (Wildman–Crippen MR) is 48.7 cm³/mol. The Morgan fingerprint density at radius 3 is 2.87 bits per heavy atom. The number of phenolic OH excluding ortho intramolecular Hbond substituents is 1. The van der Waals surface area contributed by atoms with Crippen molar-refractivity contribution in [2.75, 3.05) is 0 Å². The molecule has 1 aromatic rings. The van der Waals surface area contributed by atoms with Crippen LogP contribution in [-0.2, 0) is 16.0 Å². The number of ether oxygens (including phenoxy) is 1. The Bertz CT molecular complexity index is 437. The van der Waals surface area contributed by atoms with Crippen molar-refractivity contribution >= 4 is 11.9 Å². The van der Waals surface area contributed by atoms with E-state index in [9.17, 15) is 14.7 Å². The van der Waals surface area contributed by atoms with Gasteiger partial charge in [-0.25, -0.2) is 9.59 Å². The zero-order chi connectivity index (χ0) is 11.0. The number of carbonyl (C=O) groups excluding carboxylic acids is 1. The molecule has 1 atom stereocenters. The third-order valence-corrected chi connectivity index (χ3v) is 2.26. The summed E-state index contributed by atoms with van der Waals surface area (Å²) in [5.74, 6) is -2.15. The van der Waals surface area contributed by atoms with Crippen molar-refractivity contribution in [3.63, 3.8) is 0 Å². The molecule has 5 heteroatoms. The van der Waals surface area contributed by atoms with Crippen LogP contribution in [-0.4, -0.2) is 28.3 Å². The van der Waals surface area contributed by atoms with Crippen molar-refractivity contribution in [1.82, 2.24) is 0 Å². The molecule has 0 bridgehead atoms. The molecule has 78 valence electrons. The van der Waals surface area contributed by atoms with Gasteiger partial charge >= 0.3 is 11.9 Å². The normalized spacial score (nSPS) is 19.2. The summed E-state index contributed by atoms with van der Waals surface area (Å²) in [6.07, 6.45) is -1.07. The molecule has 1 heterocycles. The Morgan fingerprint density at radius 1 is 1.47 bits per heavy atom. The second-order valence-corrected chi connectivity index (χ2v) is 3.25. The third kappa shape index (κ3) is 1.52. The van der Waals surface area contributed by atoms with Crippen LogP contribution in [0.15, 0.2) is 18.2 Å². The minimum absolute atomic E-state index is 0.0648. The maximum absolute atomic E-state index is 11.4. The predicted octanol–water partition coefficient (Wildman–Crippen LogP) is 0.558. The summed E-state index contributed by atoms with van der Waals surface area (Å²) >= 11 is 0. The first-order chi connectivity index (χ1) is 7.09. The molecule has 0 spiro atoms. The quantitative estimate of drug-likeness (QED) is 0.658. The second kappa shape index (κ2) is 3.27. The van der Waals surface area contributed by atoms with Gasteiger partial charge in [-0.15, -0.1) is 0 Å². The number of phenols is 1. The van der Waals surface area contributed by atoms with Gasteiger partial charge in [0.15, 0.2) is 0 Å². The maximum atomic E-state index is 11.4. The van der Waals surface area contributed by atoms with E-state index >= 15 is 0 Å². The van der Waals surface area contributed by atoms with Gasteiger partial charge in [-0.05, 0) is 11.6 Å². The van der Waals surface area contributed by atoms with Crippen LogP contribution >= 0.6 is 0 Å². The van der Waals surface area contributed by atoms with Crippen LogP contribution in [0.3, 0.4) is 0 Å². The van der Waals surface area contributed by atoms with Crippen LogP contribution in [0.25, 0.3) is 0 Å². The summed E-state index contributed by atoms with van der Waals surface area (Å²) in [4.78, 5) is 22.0. The molecule has 0 aromatic heterocycles. The summed E-state index contributed by atoms with van der Waals surface area (Å²) in [6, 6.07) is 4.53. The molecule has 0 amide bonds. The van der Waals surface area contributed by atoms with E-state index in [0.29, 0.717) is 5.56 Å². The van der Waals surface area contributed by atoms with Crippen LogP contribution in [0, 0.1) is 0 Å². The Hall–Kier alpha value is -2.04. The smallest absolute Gasteiger partial charge is 0.345 e. The van der Waals surface area contributed by atoms with Crippen LogP contribution in [0.1, 0.15) is 15.9 Å². The highest BCUT2D eigenvalue weighted by molar-refractivity contribution is 5.97. The topological polar surface area (TPSA) is 83.8 Å². The van der Waals surface area contributed by atoms with Crippen molar-refractivity contribution in [3.8, 4) is 5.75 Å². The average Bonchev–Trinajstić information content (AvgIpc) is 2.17. The Labute approximate surface area is 84.9 Å². The van der Waals surface area contributed by atoms with E-state index in [1.54, 1.807) is 12.1 Å². The van der Waals surface area contributed by atoms with E-state index in [1.807, 2.05) is 0 Å². The van der Waals surface area contributed by atoms with Gasteiger partial charge in [0.05, 0.1) is 0 Å². The Balaban J connectivity index is 2.45. The highest BCUT2D eigenvalue weighted by atomic mass is 16.6. The molecule has 2 N–H and O–H groups in total. The number of esters is 1. The summed E-state index contributed by atoms with van der Waals surface area (Å²) < 4.78 is 4.66. The van der Waals surface area contributed by atoms with Crippen molar-refractivity contribution in [3.05, 3.63) is 29.3 Å². The highest BCUT2D eigenvalue weighted by Crippen LogP contribution is 2.27. The molecular weight excluding hydrogens is 200 g/mol. The van der Waals surface area contributed by atoms with Crippen molar-refractivity contribution in [1.29, 1.82) is 0 Å². The fourth-order valence-corrected chi connectivity index (χ4v) is 1.56. The fraction of sp³-hybridized carbons (Fsp3) is 0.200. The Kier molecular flexibility index (Phi) is 2.07. The lowest BCUT2D eigenvalue weighted by Gasteiger charge is -2.21. The molecular formula is C10H8O5. The first kappa shape index (κ1) is 9.51. The molecule has 0 saturated heterocycles. The van der Waals surface area contributed by atoms with Crippen LogP contribution in [0.4, 0.5) is 0 Å². The van der Waals surface area contributed by atoms with Gasteiger partial charge in [0, 0.05) is 6.42 Å². The maximum Gasteiger partial charge on any atom is 0.345 e. The zero-order valence-electron chi connectivity index (χ0n) is 7.64. The van der Waals surface area contributed by atoms with Gasteiger partial charge in [-0.2, -0.15) is 0 Å². The number of cyclic esters (lactones) is 1. The first-order valence-electron chi connectivity index (χ1n) is 4.34. The molecule has 15 heavy (non-hydrogen) atoms. The number of aliphatic carboxylic acids is 1. The number of hydrogen-bond donors (Lipinski definition) is 2. The lowest BCUT2D eigenvalue weighted by atomic mass is 9.98. The van der Waals surface area contributed by atoms with E-state index in [0.717, 1.165) is 0 Å². The van der Waals surface area contributed by atoms with E-state index in [-0.39, 0.29) is 17.7 Å². The number of carboxylic acids is 1. The molecule has 2 rings (SSSR count). The SMILES string of the molecule is O=C1O[C@@H](C(=O)O)Cc2cccc(O)c21. The fourth-order valence-electron chi connectivity index (χ4n) is 1.56. The van der Waals surface area contributed by atoms with E-state index in [4.69, 9.17) is 5.11 Å². The van der Waals surface area contributed by atoms with Crippen LogP contribution in [0.2, 0.25) is 0 Å². The zero-order valence-corrected chi connectivity index (χ0v) is 7.64. The molecule has 1 aliphatic heterocycles. The summed E-state index contributed by atoms with van der Waals surface area (Å²) in [5, 5.41) is 18.1. The van der Waals surface area contributed by atoms with Crippen LogP contribution in [0.5, 0.6) is 5.75 Å². The number of benzene rings is 1. The van der Waals surface area contributed by atoms with Gasteiger partial charge in [0.25, 0.3) is 0 Å². The van der Waals surface area contributed by atoms with Crippen molar-refractivity contribution in [2.24, 2.45) is 0 Å². The molecule has 0 aliphatic carbocycles. The number of fused-ring (bicyclic) bond motifs is 1. The standard InChI is InChI=1S/C10H8O5/c11-6-3-1-2-5-4-7(9(12)13)15-10(14)8(5)6/h1-3,7,11H,4H2,(H,12,13)/t7-/m1/s1. The average molecular weight is 208 g/mol. The summed E-state index contributed by atoms with van der Waals surface area (Å²) in [5.41, 5.74) is 0.564. The van der Waals surface area contributed by atoms with E-state index in [2.05, 4.69) is 4.74 Å². The molecule has 0 saturated carbocycles. The minimum atomic E-state index is -1.18. The number of aromatic hydroxyl groups is 1. The molecule has 5 nitrogen and oxygen atoms in total. The first-order valence-corrected chi connectivity index (χ1v) is 4.34. The third-order valence-electron chi connectivity index (χ3n) is 2.26. The van der Waals surface area contributed by atoms with E-state index in [1.165, 1.54) is 6.07 Å². The Morgan fingerprint density at radius 2 is 2.20 bits per heavy atom. The second-order valence-electron chi connectivity index (χ2n) is 3.25. The highest BCUT2D eigenvalue weighted by Gasteiger charge is 2.32. The van der Waals surface area contributed by atoms with Gasteiger partial charge < -0.3 is 14.9 Å². The summed E-state index contributed by atoms with van der Waals surface area (Å²) in [6.45, 7) is 0. The largest absolute Gasteiger partial charge is 0.507 e. The number of hydrogen-bond acceptors (Lipinski definition) is 4. The minimum Gasteiger partial charge on any atom is -0.507 e. The van der Waals surface area contributed by atoms with Gasteiger partial charge in [-0.3, -0.25) is 0 Å². The molecule has 1 aromatic carbocycles. The lowest BCUT2D eigenvalue weighted by Crippen LogP contribution is -2.34. The van der Waals surface area contributed by atoms with Crippen molar-refractivity contribution in [2.45, 2.75) is 12.5 Å². The van der Waals surface area contributed by atoms with E-state index < -0.39 is 18.0 Å². The van der Waals surface area contributed by atoms with Gasteiger partial charge in [-0.1, -0.05) is 12.1 Å².